The molecule has 0 bridgehead atoms. The molecule has 0 aromatic heterocycles. The monoisotopic (exact) mass is 480 g/mol. The number of rotatable bonds is 10. The molecule has 2 N–H and O–H groups in total. The number of carbonyl (C=O) groups excluding carboxylic acids is 1. The summed E-state index contributed by atoms with van der Waals surface area (Å²) in [5.41, 5.74) is 0. The van der Waals surface area contributed by atoms with Crippen molar-refractivity contribution in [2.45, 2.75) is 0 Å². The standard InChI is InChI=1S/C17H28N4O4.HI/c1-18-17(20-13-16(22)19-9-11-23-3)21(2)10-12-25-15-7-5-14(24-4)6-8-15;/h5-8H,9-13H2,1-4H3,(H,18,20)(H,19,22);1H. The number of nitrogens with one attached hydrogen (secondary N) is 2. The second kappa shape index (κ2) is 14.4. The van der Waals surface area contributed by atoms with Gasteiger partial charge in [0, 0.05) is 27.7 Å². The van der Waals surface area contributed by atoms with Crippen molar-refractivity contribution in [2.24, 2.45) is 4.99 Å². The van der Waals surface area contributed by atoms with Crippen LogP contribution < -0.4 is 20.1 Å². The van der Waals surface area contributed by atoms with E-state index in [9.17, 15) is 4.79 Å². The summed E-state index contributed by atoms with van der Waals surface area (Å²) in [7, 11) is 6.78. The summed E-state index contributed by atoms with van der Waals surface area (Å²) in [6.45, 7) is 2.24. The van der Waals surface area contributed by atoms with Crippen LogP contribution in [-0.4, -0.2) is 77.9 Å². The molecule has 8 nitrogen and oxygen atoms in total. The predicted molar refractivity (Wildman–Crippen MR) is 113 cm³/mol. The van der Waals surface area contributed by atoms with Crippen LogP contribution in [0.15, 0.2) is 29.3 Å². The van der Waals surface area contributed by atoms with Gasteiger partial charge in [-0.15, -0.1) is 24.0 Å². The largest absolute Gasteiger partial charge is 0.497 e. The lowest BCUT2D eigenvalue weighted by Crippen LogP contribution is -2.45. The zero-order valence-electron chi connectivity index (χ0n) is 15.8. The summed E-state index contributed by atoms with van der Waals surface area (Å²) >= 11 is 0. The molecule has 0 atom stereocenters. The lowest BCUT2D eigenvalue weighted by atomic mass is 10.3. The first-order valence-corrected chi connectivity index (χ1v) is 8.05. The number of ether oxygens (including phenoxy) is 3. The normalized spacial score (nSPS) is 10.5. The Labute approximate surface area is 172 Å². The van der Waals surface area contributed by atoms with Crippen LogP contribution in [0, 0.1) is 0 Å². The molecule has 148 valence electrons. The summed E-state index contributed by atoms with van der Waals surface area (Å²) < 4.78 is 15.7. The van der Waals surface area contributed by atoms with Gasteiger partial charge in [-0.25, -0.2) is 0 Å². The average Bonchev–Trinajstić information content (AvgIpc) is 2.63. The number of guanidine groups is 1. The predicted octanol–water partition coefficient (Wildman–Crippen LogP) is 0.962. The molecule has 0 saturated carbocycles. The van der Waals surface area contributed by atoms with Crippen molar-refractivity contribution < 1.29 is 19.0 Å². The van der Waals surface area contributed by atoms with Gasteiger partial charge in [0.15, 0.2) is 5.96 Å². The maximum atomic E-state index is 11.7. The fourth-order valence-electron chi connectivity index (χ4n) is 1.98. The quantitative estimate of drug-likeness (QED) is 0.225. The van der Waals surface area contributed by atoms with Gasteiger partial charge in [-0.1, -0.05) is 0 Å². The van der Waals surface area contributed by atoms with Gasteiger partial charge < -0.3 is 29.7 Å². The molecule has 0 saturated heterocycles. The number of amides is 1. The smallest absolute Gasteiger partial charge is 0.239 e. The van der Waals surface area contributed by atoms with E-state index >= 15 is 0 Å². The van der Waals surface area contributed by atoms with Crippen LogP contribution in [0.25, 0.3) is 0 Å². The lowest BCUT2D eigenvalue weighted by Gasteiger charge is -2.22. The van der Waals surface area contributed by atoms with E-state index in [0.29, 0.717) is 32.3 Å². The van der Waals surface area contributed by atoms with E-state index in [1.54, 1.807) is 21.3 Å². The number of carbonyl (C=O) groups is 1. The van der Waals surface area contributed by atoms with Gasteiger partial charge in [0.05, 0.1) is 26.8 Å². The van der Waals surface area contributed by atoms with Gasteiger partial charge >= 0.3 is 0 Å². The Bertz CT molecular complexity index is 540. The van der Waals surface area contributed by atoms with E-state index in [1.807, 2.05) is 36.2 Å². The highest BCUT2D eigenvalue weighted by Crippen LogP contribution is 2.16. The van der Waals surface area contributed by atoms with Crippen LogP contribution in [0.5, 0.6) is 11.5 Å². The molecule has 0 spiro atoms. The van der Waals surface area contributed by atoms with Crippen molar-refractivity contribution in [3.63, 3.8) is 0 Å². The van der Waals surface area contributed by atoms with Crippen LogP contribution >= 0.6 is 24.0 Å². The Balaban J connectivity index is 0.00000625. The summed E-state index contributed by atoms with van der Waals surface area (Å²) in [5.74, 6) is 2.08. The maximum Gasteiger partial charge on any atom is 0.239 e. The van der Waals surface area contributed by atoms with Crippen molar-refractivity contribution in [3.8, 4) is 11.5 Å². The first kappa shape index (κ1) is 24.2. The number of methoxy groups -OCH3 is 2. The number of likely N-dealkylation sites (N-methyl/N-ethyl adjacent to an activating group) is 1. The van der Waals surface area contributed by atoms with Crippen LogP contribution in [0.4, 0.5) is 0 Å². The van der Waals surface area contributed by atoms with E-state index in [-0.39, 0.29) is 36.4 Å². The number of benzene rings is 1. The fourth-order valence-corrected chi connectivity index (χ4v) is 1.98. The molecule has 0 unspecified atom stereocenters. The number of nitrogens with zero attached hydrogens (tertiary/aromatic N) is 2. The number of aliphatic imine (C=N–C) groups is 1. The van der Waals surface area contributed by atoms with Crippen molar-refractivity contribution in [3.05, 3.63) is 24.3 Å². The van der Waals surface area contributed by atoms with E-state index < -0.39 is 0 Å². The highest BCUT2D eigenvalue weighted by molar-refractivity contribution is 14.0. The van der Waals surface area contributed by atoms with Crippen LogP contribution in [-0.2, 0) is 9.53 Å². The summed E-state index contributed by atoms with van der Waals surface area (Å²) in [5, 5.41) is 5.75. The highest BCUT2D eigenvalue weighted by atomic mass is 127. The molecule has 0 radical (unpaired) electrons. The third-order valence-electron chi connectivity index (χ3n) is 3.36. The Morgan fingerprint density at radius 3 is 2.35 bits per heavy atom. The SMILES string of the molecule is CN=C(NCC(=O)NCCOC)N(C)CCOc1ccc(OC)cc1.I. The molecule has 1 rings (SSSR count). The number of hydrogen-bond donors (Lipinski definition) is 2. The molecule has 0 fully saturated rings. The second-order valence-corrected chi connectivity index (χ2v) is 5.19. The Hall–Kier alpha value is -1.75. The first-order chi connectivity index (χ1) is 12.1. The van der Waals surface area contributed by atoms with Gasteiger partial charge in [0.1, 0.15) is 18.1 Å². The minimum atomic E-state index is -0.110. The van der Waals surface area contributed by atoms with Gasteiger partial charge in [0.25, 0.3) is 0 Å². The molecule has 1 amide bonds. The minimum absolute atomic E-state index is 0. The minimum Gasteiger partial charge on any atom is -0.497 e. The van der Waals surface area contributed by atoms with Crippen LogP contribution in [0.3, 0.4) is 0 Å². The molecule has 1 aromatic rings. The van der Waals surface area contributed by atoms with Gasteiger partial charge in [-0.3, -0.25) is 9.79 Å². The van der Waals surface area contributed by atoms with E-state index in [4.69, 9.17) is 14.2 Å². The number of hydrogen-bond acceptors (Lipinski definition) is 5. The molecule has 0 aliphatic heterocycles. The summed E-state index contributed by atoms with van der Waals surface area (Å²) in [4.78, 5) is 17.7. The topological polar surface area (TPSA) is 84.4 Å². The van der Waals surface area contributed by atoms with Crippen molar-refractivity contribution >= 4 is 35.8 Å². The fraction of sp³-hybridized carbons (Fsp3) is 0.529. The second-order valence-electron chi connectivity index (χ2n) is 5.19. The van der Waals surface area contributed by atoms with Crippen LogP contribution in [0.1, 0.15) is 0 Å². The third kappa shape index (κ3) is 9.66. The molecule has 0 aliphatic rings. The molecule has 1 aromatic carbocycles. The van der Waals surface area contributed by atoms with E-state index in [0.717, 1.165) is 11.5 Å². The van der Waals surface area contributed by atoms with Crippen LogP contribution in [0.2, 0.25) is 0 Å². The molecular formula is C17H29IN4O4. The Morgan fingerprint density at radius 2 is 1.77 bits per heavy atom. The molecule has 0 heterocycles. The Morgan fingerprint density at radius 1 is 1.12 bits per heavy atom. The molecule has 0 aliphatic carbocycles. The molecular weight excluding hydrogens is 451 g/mol. The molecule has 26 heavy (non-hydrogen) atoms. The van der Waals surface area contributed by atoms with Crippen molar-refractivity contribution in [1.29, 1.82) is 0 Å². The summed E-state index contributed by atoms with van der Waals surface area (Å²) in [6, 6.07) is 7.41. The lowest BCUT2D eigenvalue weighted by molar-refractivity contribution is -0.120. The van der Waals surface area contributed by atoms with E-state index in [1.165, 1.54) is 0 Å². The third-order valence-corrected chi connectivity index (χ3v) is 3.36. The van der Waals surface area contributed by atoms with E-state index in [2.05, 4.69) is 15.6 Å². The zero-order valence-corrected chi connectivity index (χ0v) is 18.1. The van der Waals surface area contributed by atoms with Crippen molar-refractivity contribution in [1.82, 2.24) is 15.5 Å². The van der Waals surface area contributed by atoms with Crippen molar-refractivity contribution in [2.75, 3.05) is 61.2 Å². The zero-order chi connectivity index (χ0) is 18.5. The highest BCUT2D eigenvalue weighted by Gasteiger charge is 2.08. The average molecular weight is 480 g/mol. The Kier molecular flexibility index (Phi) is 13.5. The van der Waals surface area contributed by atoms with Gasteiger partial charge in [-0.05, 0) is 24.3 Å². The number of halogens is 1. The molecule has 9 heteroatoms. The summed E-state index contributed by atoms with van der Waals surface area (Å²) in [6.07, 6.45) is 0. The van der Waals surface area contributed by atoms with Gasteiger partial charge in [0.2, 0.25) is 5.91 Å². The maximum absolute atomic E-state index is 11.7. The first-order valence-electron chi connectivity index (χ1n) is 8.05. The van der Waals surface area contributed by atoms with Gasteiger partial charge in [-0.2, -0.15) is 0 Å².